The van der Waals surface area contributed by atoms with E-state index in [-0.39, 0.29) is 5.56 Å². The number of hydrogen-bond donors (Lipinski definition) is 0. The normalized spacial score (nSPS) is 14.4. The van der Waals surface area contributed by atoms with Crippen LogP contribution in [-0.4, -0.2) is 11.2 Å². The SMILES string of the molecule is C[n+]1c2n(c(=O)c3sccc31)CCO2. The van der Waals surface area contributed by atoms with Crippen LogP contribution in [0.5, 0.6) is 6.01 Å². The molecule has 72 valence electrons. The van der Waals surface area contributed by atoms with E-state index in [1.54, 1.807) is 4.57 Å². The lowest BCUT2D eigenvalue weighted by Crippen LogP contribution is -2.36. The molecule has 3 rings (SSSR count). The number of hydrogen-bond acceptors (Lipinski definition) is 3. The van der Waals surface area contributed by atoms with Gasteiger partial charge in [-0.2, -0.15) is 9.13 Å². The van der Waals surface area contributed by atoms with E-state index in [1.165, 1.54) is 11.3 Å². The Balaban J connectivity index is 2.58. The number of aryl methyl sites for hydroxylation is 1. The highest BCUT2D eigenvalue weighted by molar-refractivity contribution is 7.16. The summed E-state index contributed by atoms with van der Waals surface area (Å²) < 4.78 is 9.85. The van der Waals surface area contributed by atoms with Gasteiger partial charge in [-0.15, -0.1) is 11.3 Å². The first-order chi connectivity index (χ1) is 6.79. The Kier molecular flexibility index (Phi) is 1.47. The second kappa shape index (κ2) is 2.57. The molecule has 2 aromatic rings. The average Bonchev–Trinajstić information content (AvgIpc) is 2.82. The third-order valence-corrected chi connectivity index (χ3v) is 3.40. The van der Waals surface area contributed by atoms with Gasteiger partial charge in [-0.3, -0.25) is 0 Å². The lowest BCUT2D eigenvalue weighted by Gasteiger charge is -1.98. The van der Waals surface area contributed by atoms with Crippen LogP contribution in [-0.2, 0) is 13.6 Å². The maximum Gasteiger partial charge on any atom is 0.459 e. The lowest BCUT2D eigenvalue weighted by molar-refractivity contribution is -0.654. The molecule has 0 N–H and O–H groups in total. The van der Waals surface area contributed by atoms with Gasteiger partial charge in [0, 0.05) is 0 Å². The molecule has 0 unspecified atom stereocenters. The maximum atomic E-state index is 11.9. The zero-order chi connectivity index (χ0) is 9.71. The molecule has 0 aromatic carbocycles. The van der Waals surface area contributed by atoms with Crippen LogP contribution in [0.4, 0.5) is 0 Å². The molecule has 0 spiro atoms. The summed E-state index contributed by atoms with van der Waals surface area (Å²) in [6.07, 6.45) is 0. The minimum atomic E-state index is 0.0700. The fourth-order valence-corrected chi connectivity index (χ4v) is 2.69. The van der Waals surface area contributed by atoms with Crippen molar-refractivity contribution in [1.29, 1.82) is 0 Å². The molecule has 5 heteroatoms. The third kappa shape index (κ3) is 0.824. The van der Waals surface area contributed by atoms with E-state index < -0.39 is 0 Å². The first-order valence-corrected chi connectivity index (χ1v) is 5.30. The quantitative estimate of drug-likeness (QED) is 0.584. The number of fused-ring (bicyclic) bond motifs is 2. The molecule has 4 nitrogen and oxygen atoms in total. The fourth-order valence-electron chi connectivity index (χ4n) is 1.82. The molecule has 0 amide bonds. The van der Waals surface area contributed by atoms with Crippen LogP contribution < -0.4 is 14.9 Å². The zero-order valence-corrected chi connectivity index (χ0v) is 8.50. The summed E-state index contributed by atoms with van der Waals surface area (Å²) in [4.78, 5) is 11.9. The highest BCUT2D eigenvalue weighted by Gasteiger charge is 2.28. The summed E-state index contributed by atoms with van der Waals surface area (Å²) in [5, 5.41) is 1.93. The standard InChI is InChI=1S/C9H9N2O2S/c1-10-6-2-5-14-7(6)8(12)11-3-4-13-9(10)11/h2,5H,3-4H2,1H3/q+1. The minimum Gasteiger partial charge on any atom is -0.427 e. The Morgan fingerprint density at radius 2 is 2.50 bits per heavy atom. The van der Waals surface area contributed by atoms with E-state index in [0.717, 1.165) is 10.2 Å². The van der Waals surface area contributed by atoms with Gasteiger partial charge in [-0.1, -0.05) is 0 Å². The van der Waals surface area contributed by atoms with Gasteiger partial charge in [0.1, 0.15) is 13.2 Å². The monoisotopic (exact) mass is 209 g/mol. The van der Waals surface area contributed by atoms with E-state index in [1.807, 2.05) is 23.1 Å². The van der Waals surface area contributed by atoms with Crippen LogP contribution in [0.25, 0.3) is 10.2 Å². The Hall–Kier alpha value is -1.36. The van der Waals surface area contributed by atoms with E-state index in [9.17, 15) is 4.79 Å². The Morgan fingerprint density at radius 3 is 3.36 bits per heavy atom. The van der Waals surface area contributed by atoms with Gasteiger partial charge in [-0.05, 0) is 11.4 Å². The molecule has 14 heavy (non-hydrogen) atoms. The molecule has 1 aliphatic rings. The van der Waals surface area contributed by atoms with Crippen LogP contribution in [0.3, 0.4) is 0 Å². The second-order valence-electron chi connectivity index (χ2n) is 3.28. The van der Waals surface area contributed by atoms with E-state index in [2.05, 4.69) is 0 Å². The fraction of sp³-hybridized carbons (Fsp3) is 0.333. The van der Waals surface area contributed by atoms with E-state index >= 15 is 0 Å². The third-order valence-electron chi connectivity index (χ3n) is 2.51. The molecule has 1 aliphatic heterocycles. The molecule has 0 atom stereocenters. The lowest BCUT2D eigenvalue weighted by atomic mass is 10.4. The summed E-state index contributed by atoms with van der Waals surface area (Å²) in [5.74, 6) is 0. The molecule has 0 saturated carbocycles. The van der Waals surface area contributed by atoms with Crippen molar-refractivity contribution in [3.63, 3.8) is 0 Å². The van der Waals surface area contributed by atoms with Crippen LogP contribution in [0, 0.1) is 0 Å². The van der Waals surface area contributed by atoms with Crippen molar-refractivity contribution >= 4 is 21.6 Å². The summed E-state index contributed by atoms with van der Waals surface area (Å²) in [7, 11) is 1.92. The number of ether oxygens (including phenoxy) is 1. The summed E-state index contributed by atoms with van der Waals surface area (Å²) in [6, 6.07) is 2.62. The number of rotatable bonds is 0. The Bertz CT molecular complexity index is 570. The van der Waals surface area contributed by atoms with Gasteiger partial charge >= 0.3 is 11.6 Å². The summed E-state index contributed by atoms with van der Waals surface area (Å²) >= 11 is 1.48. The second-order valence-corrected chi connectivity index (χ2v) is 4.20. The van der Waals surface area contributed by atoms with Crippen molar-refractivity contribution in [2.45, 2.75) is 6.54 Å². The van der Waals surface area contributed by atoms with Crippen molar-refractivity contribution in [2.24, 2.45) is 7.05 Å². The number of thiophene rings is 1. The first-order valence-electron chi connectivity index (χ1n) is 4.42. The first kappa shape index (κ1) is 7.99. The smallest absolute Gasteiger partial charge is 0.427 e. The molecule has 0 fully saturated rings. The molecule has 3 heterocycles. The van der Waals surface area contributed by atoms with Crippen molar-refractivity contribution in [2.75, 3.05) is 6.61 Å². The van der Waals surface area contributed by atoms with Crippen LogP contribution >= 0.6 is 11.3 Å². The minimum absolute atomic E-state index is 0.0700. The topological polar surface area (TPSA) is 35.1 Å². The van der Waals surface area contributed by atoms with Crippen LogP contribution in [0.15, 0.2) is 16.2 Å². The molecular formula is C9H9N2O2S+. The maximum absolute atomic E-state index is 11.9. The van der Waals surface area contributed by atoms with Crippen LogP contribution in [0.1, 0.15) is 0 Å². The zero-order valence-electron chi connectivity index (χ0n) is 7.69. The van der Waals surface area contributed by atoms with Crippen molar-refractivity contribution in [3.8, 4) is 6.01 Å². The predicted molar refractivity (Wildman–Crippen MR) is 52.8 cm³/mol. The van der Waals surface area contributed by atoms with Gasteiger partial charge in [0.25, 0.3) is 0 Å². The molecule has 2 aromatic heterocycles. The molecular weight excluding hydrogens is 200 g/mol. The van der Waals surface area contributed by atoms with E-state index in [0.29, 0.717) is 19.2 Å². The van der Waals surface area contributed by atoms with Gasteiger partial charge in [0.15, 0.2) is 10.2 Å². The highest BCUT2D eigenvalue weighted by atomic mass is 32.1. The Morgan fingerprint density at radius 1 is 1.64 bits per heavy atom. The van der Waals surface area contributed by atoms with Gasteiger partial charge in [0.05, 0.1) is 7.05 Å². The van der Waals surface area contributed by atoms with Crippen LogP contribution in [0.2, 0.25) is 0 Å². The van der Waals surface area contributed by atoms with Crippen molar-refractivity contribution in [1.82, 2.24) is 4.57 Å². The van der Waals surface area contributed by atoms with Crippen molar-refractivity contribution in [3.05, 3.63) is 21.8 Å². The molecule has 0 bridgehead atoms. The van der Waals surface area contributed by atoms with Gasteiger partial charge in [0.2, 0.25) is 0 Å². The predicted octanol–water partition coefficient (Wildman–Crippen LogP) is 0.280. The van der Waals surface area contributed by atoms with Gasteiger partial charge in [-0.25, -0.2) is 4.79 Å². The number of aromatic nitrogens is 2. The highest BCUT2D eigenvalue weighted by Crippen LogP contribution is 2.17. The Labute approximate surface area is 84.0 Å². The molecule has 0 saturated heterocycles. The largest absolute Gasteiger partial charge is 0.459 e. The van der Waals surface area contributed by atoms with Crippen molar-refractivity contribution < 1.29 is 9.30 Å². The average molecular weight is 209 g/mol. The van der Waals surface area contributed by atoms with Gasteiger partial charge < -0.3 is 4.74 Å². The summed E-state index contributed by atoms with van der Waals surface area (Å²) in [6.45, 7) is 1.26. The molecule has 0 aliphatic carbocycles. The van der Waals surface area contributed by atoms with E-state index in [4.69, 9.17) is 4.74 Å². The summed E-state index contributed by atoms with van der Waals surface area (Å²) in [5.41, 5.74) is 1.02. The number of nitrogens with zero attached hydrogens (tertiary/aromatic N) is 2. The molecule has 0 radical (unpaired) electrons.